The lowest BCUT2D eigenvalue weighted by atomic mass is 10.2. The molecule has 0 unspecified atom stereocenters. The number of nitrogens with zero attached hydrogens (tertiary/aromatic N) is 4. The summed E-state index contributed by atoms with van der Waals surface area (Å²) in [4.78, 5) is 36.4. The first-order chi connectivity index (χ1) is 17.8. The van der Waals surface area contributed by atoms with Crippen LogP contribution < -0.4 is 10.1 Å². The van der Waals surface area contributed by atoms with E-state index < -0.39 is 15.6 Å². The van der Waals surface area contributed by atoms with Crippen LogP contribution in [0.15, 0.2) is 12.4 Å². The van der Waals surface area contributed by atoms with Gasteiger partial charge in [0.2, 0.25) is 5.88 Å². The fraction of sp³-hybridized carbons (Fsp3) is 0.692. The van der Waals surface area contributed by atoms with Crippen molar-refractivity contribution in [1.29, 1.82) is 0 Å². The lowest BCUT2D eigenvalue weighted by molar-refractivity contribution is 0.0274. The zero-order valence-corrected chi connectivity index (χ0v) is 24.7. The van der Waals surface area contributed by atoms with Gasteiger partial charge in [0, 0.05) is 38.1 Å². The van der Waals surface area contributed by atoms with Crippen molar-refractivity contribution in [3.8, 4) is 5.88 Å². The summed E-state index contributed by atoms with van der Waals surface area (Å²) in [5.74, 6) is 1.00. The number of carbonyl (C=O) groups excluding carboxylic acids is 2. The second kappa shape index (κ2) is 12.5. The topological polar surface area (TPSA) is 117 Å². The maximum atomic E-state index is 13.1. The van der Waals surface area contributed by atoms with Gasteiger partial charge in [-0.25, -0.2) is 24.8 Å². The van der Waals surface area contributed by atoms with E-state index in [0.29, 0.717) is 55.3 Å². The van der Waals surface area contributed by atoms with Crippen LogP contribution in [-0.4, -0.2) is 107 Å². The number of fused-ring (bicyclic) bond motifs is 1. The average molecular weight is 554 g/mol. The lowest BCUT2D eigenvalue weighted by Crippen LogP contribution is -2.36. The van der Waals surface area contributed by atoms with Crippen molar-refractivity contribution in [3.05, 3.63) is 18.0 Å². The van der Waals surface area contributed by atoms with Crippen molar-refractivity contribution < 1.29 is 28.5 Å². The smallest absolute Gasteiger partial charge is 0.410 e. The Bertz CT molecular complexity index is 1110. The average Bonchev–Trinajstić information content (AvgIpc) is 3.40. The van der Waals surface area contributed by atoms with Gasteiger partial charge < -0.3 is 33.7 Å². The Hall–Kier alpha value is -2.57. The molecule has 1 aliphatic rings. The Kier molecular flexibility index (Phi) is 9.88. The van der Waals surface area contributed by atoms with E-state index in [1.807, 2.05) is 27.7 Å². The van der Waals surface area contributed by atoms with Gasteiger partial charge in [0.25, 0.3) is 5.91 Å². The van der Waals surface area contributed by atoms with Gasteiger partial charge in [0.05, 0.1) is 31.5 Å². The number of methoxy groups -OCH3 is 1. The Morgan fingerprint density at radius 2 is 2.00 bits per heavy atom. The predicted molar refractivity (Wildman–Crippen MR) is 149 cm³/mol. The minimum Gasteiger partial charge on any atom is -0.471 e. The SMILES string of the molecule is COC[C@H](C)NC(=O)c1cn(COCCS(C)(C)C)c2ncc(O[C@H]3CCN(C(=O)OC(C)(C)C)C3)nc12. The van der Waals surface area contributed by atoms with Gasteiger partial charge in [0.15, 0.2) is 5.65 Å². The fourth-order valence-electron chi connectivity index (χ4n) is 3.91. The van der Waals surface area contributed by atoms with Crippen LogP contribution in [-0.2, 0) is 20.9 Å². The number of amides is 2. The summed E-state index contributed by atoms with van der Waals surface area (Å²) in [5, 5.41) is 2.94. The van der Waals surface area contributed by atoms with E-state index in [2.05, 4.69) is 34.1 Å². The molecule has 2 aromatic heterocycles. The van der Waals surface area contributed by atoms with Gasteiger partial charge in [-0.2, -0.15) is 0 Å². The van der Waals surface area contributed by atoms with Crippen LogP contribution in [0.2, 0.25) is 0 Å². The molecule has 2 aromatic rings. The zero-order valence-electron chi connectivity index (χ0n) is 23.9. The quantitative estimate of drug-likeness (QED) is 0.422. The standard InChI is InChI=1S/C26H43N5O6S/c1-18(16-34-5)28-24(32)20-15-31(17-35-11-12-38(6,7)8)23-22(20)29-21(13-27-23)36-19-9-10-30(14-19)25(33)37-26(2,3)4/h13,15,18-19H,9-12,14,16-17H2,1-8H3,(H,28,32)/t18-,19-/m0/s1. The molecular formula is C26H43N5O6S. The van der Waals surface area contributed by atoms with Crippen molar-refractivity contribution in [1.82, 2.24) is 24.8 Å². The first-order valence-electron chi connectivity index (χ1n) is 12.8. The molecule has 2 amide bonds. The first kappa shape index (κ1) is 30.0. The molecule has 1 fully saturated rings. The molecule has 0 saturated carbocycles. The third-order valence-corrected chi connectivity index (χ3v) is 7.13. The van der Waals surface area contributed by atoms with E-state index in [-0.39, 0.29) is 30.9 Å². The highest BCUT2D eigenvalue weighted by molar-refractivity contribution is 8.32. The highest BCUT2D eigenvalue weighted by atomic mass is 32.3. The zero-order chi connectivity index (χ0) is 28.1. The third-order valence-electron chi connectivity index (χ3n) is 5.74. The fourth-order valence-corrected chi connectivity index (χ4v) is 4.53. The van der Waals surface area contributed by atoms with Gasteiger partial charge in [-0.3, -0.25) is 4.79 Å². The molecule has 1 N–H and O–H groups in total. The maximum Gasteiger partial charge on any atom is 0.410 e. The molecule has 0 spiro atoms. The van der Waals surface area contributed by atoms with Crippen LogP contribution in [0.5, 0.6) is 5.88 Å². The number of aromatic nitrogens is 3. The van der Waals surface area contributed by atoms with Crippen LogP contribution >= 0.6 is 10.0 Å². The largest absolute Gasteiger partial charge is 0.471 e. The molecule has 2 atom stereocenters. The number of ether oxygens (including phenoxy) is 4. The third kappa shape index (κ3) is 8.74. The molecular weight excluding hydrogens is 510 g/mol. The van der Waals surface area contributed by atoms with Crippen LogP contribution in [0.25, 0.3) is 11.2 Å². The molecule has 3 heterocycles. The summed E-state index contributed by atoms with van der Waals surface area (Å²) in [6.07, 6.45) is 10.0. The Morgan fingerprint density at radius 3 is 2.66 bits per heavy atom. The minimum absolute atomic E-state index is 0.179. The molecule has 0 bridgehead atoms. The summed E-state index contributed by atoms with van der Waals surface area (Å²) >= 11 is 0. The normalized spacial score (nSPS) is 17.5. The highest BCUT2D eigenvalue weighted by Crippen LogP contribution is 2.33. The molecule has 1 saturated heterocycles. The molecule has 11 nitrogen and oxygen atoms in total. The van der Waals surface area contributed by atoms with E-state index in [9.17, 15) is 9.59 Å². The number of likely N-dealkylation sites (tertiary alicyclic amines) is 1. The number of nitrogens with one attached hydrogen (secondary N) is 1. The first-order valence-corrected chi connectivity index (χ1v) is 15.8. The van der Waals surface area contributed by atoms with Gasteiger partial charge >= 0.3 is 6.09 Å². The Balaban J connectivity index is 1.77. The van der Waals surface area contributed by atoms with Crippen molar-refractivity contribution in [2.45, 2.75) is 58.6 Å². The van der Waals surface area contributed by atoms with Crippen LogP contribution in [0.1, 0.15) is 44.5 Å². The van der Waals surface area contributed by atoms with Crippen LogP contribution in [0.3, 0.4) is 0 Å². The van der Waals surface area contributed by atoms with E-state index >= 15 is 0 Å². The molecule has 0 radical (unpaired) electrons. The van der Waals surface area contributed by atoms with Crippen molar-refractivity contribution >= 4 is 33.2 Å². The van der Waals surface area contributed by atoms with Crippen LogP contribution in [0.4, 0.5) is 4.79 Å². The predicted octanol–water partition coefficient (Wildman–Crippen LogP) is 3.25. The number of rotatable bonds is 11. The summed E-state index contributed by atoms with van der Waals surface area (Å²) in [7, 11) is 0.919. The van der Waals surface area contributed by atoms with Crippen LogP contribution in [0, 0.1) is 0 Å². The Labute approximate surface area is 226 Å². The van der Waals surface area contributed by atoms with Gasteiger partial charge in [0.1, 0.15) is 24.0 Å². The molecule has 1 aliphatic heterocycles. The van der Waals surface area contributed by atoms with Gasteiger partial charge in [-0.05, 0) is 46.5 Å². The highest BCUT2D eigenvalue weighted by Gasteiger charge is 2.31. The van der Waals surface area contributed by atoms with E-state index in [1.165, 1.54) is 0 Å². The monoisotopic (exact) mass is 553 g/mol. The van der Waals surface area contributed by atoms with Crippen molar-refractivity contribution in [2.75, 3.05) is 57.9 Å². The second-order valence-electron chi connectivity index (χ2n) is 11.5. The van der Waals surface area contributed by atoms with Gasteiger partial charge in [-0.15, -0.1) is 0 Å². The summed E-state index contributed by atoms with van der Waals surface area (Å²) in [6, 6.07) is -0.179. The maximum absolute atomic E-state index is 13.1. The molecule has 214 valence electrons. The molecule has 0 aliphatic carbocycles. The summed E-state index contributed by atoms with van der Waals surface area (Å²) in [5.41, 5.74) is 0.783. The summed E-state index contributed by atoms with van der Waals surface area (Å²) < 4.78 is 24.4. The number of hydrogen-bond acceptors (Lipinski definition) is 8. The Morgan fingerprint density at radius 1 is 1.26 bits per heavy atom. The lowest BCUT2D eigenvalue weighted by Gasteiger charge is -2.24. The van der Waals surface area contributed by atoms with Crippen molar-refractivity contribution in [3.63, 3.8) is 0 Å². The van der Waals surface area contributed by atoms with Crippen molar-refractivity contribution in [2.24, 2.45) is 0 Å². The molecule has 0 aromatic carbocycles. The molecule has 38 heavy (non-hydrogen) atoms. The van der Waals surface area contributed by atoms with Gasteiger partial charge in [-0.1, -0.05) is 0 Å². The minimum atomic E-state index is -0.671. The second-order valence-corrected chi connectivity index (χ2v) is 16.1. The molecule has 12 heteroatoms. The van der Waals surface area contributed by atoms with E-state index in [0.717, 1.165) is 5.75 Å². The number of hydrogen-bond donors (Lipinski definition) is 1. The molecule has 3 rings (SSSR count). The van der Waals surface area contributed by atoms with E-state index in [4.69, 9.17) is 18.9 Å². The summed E-state index contributed by atoms with van der Waals surface area (Å²) in [6.45, 7) is 9.58. The number of carbonyl (C=O) groups is 2. The van der Waals surface area contributed by atoms with E-state index in [1.54, 1.807) is 29.0 Å².